The van der Waals surface area contributed by atoms with Crippen molar-refractivity contribution < 1.29 is 24.2 Å². The summed E-state index contributed by atoms with van der Waals surface area (Å²) in [4.78, 5) is 27.6. The summed E-state index contributed by atoms with van der Waals surface area (Å²) >= 11 is 0. The number of aliphatic carboxylic acids is 2. The van der Waals surface area contributed by atoms with Crippen molar-refractivity contribution in [1.29, 1.82) is 0 Å². The first-order chi connectivity index (χ1) is 12.4. The van der Waals surface area contributed by atoms with Crippen LogP contribution in [-0.2, 0) is 16.1 Å². The van der Waals surface area contributed by atoms with Crippen LogP contribution in [0, 0.1) is 0 Å². The molecule has 140 valence electrons. The third kappa shape index (κ3) is 9.24. The largest absolute Gasteiger partial charge is 0.545 e. The SMILES string of the molecule is CN(C)CCN(Cc1ccco1)c1ccccn1.O=C([O-])/C=C/C(=O)[O-]. The number of pyridine rings is 1. The molecule has 2 aromatic rings. The molecule has 2 rings (SSSR count). The van der Waals surface area contributed by atoms with Crippen molar-refractivity contribution in [2.45, 2.75) is 6.54 Å². The number of hydrogen-bond donors (Lipinski definition) is 0. The minimum atomic E-state index is -1.55. The highest BCUT2D eigenvalue weighted by atomic mass is 16.4. The van der Waals surface area contributed by atoms with Crippen LogP contribution >= 0.6 is 0 Å². The van der Waals surface area contributed by atoms with Crippen molar-refractivity contribution in [3.8, 4) is 0 Å². The van der Waals surface area contributed by atoms with Gasteiger partial charge in [-0.15, -0.1) is 0 Å². The monoisotopic (exact) mass is 359 g/mol. The zero-order valence-electron chi connectivity index (χ0n) is 14.7. The zero-order chi connectivity index (χ0) is 19.4. The van der Waals surface area contributed by atoms with E-state index in [1.54, 1.807) is 6.26 Å². The molecular weight excluding hydrogens is 338 g/mol. The molecule has 8 heteroatoms. The molecule has 0 N–H and O–H groups in total. The number of carboxylic acids is 2. The van der Waals surface area contributed by atoms with Gasteiger partial charge in [0.2, 0.25) is 0 Å². The lowest BCUT2D eigenvalue weighted by molar-refractivity contribution is -0.301. The molecule has 0 saturated carbocycles. The molecule has 0 bridgehead atoms. The van der Waals surface area contributed by atoms with Crippen LogP contribution in [0.3, 0.4) is 0 Å². The van der Waals surface area contributed by atoms with Gasteiger partial charge in [-0.2, -0.15) is 0 Å². The van der Waals surface area contributed by atoms with Crippen LogP contribution in [0.1, 0.15) is 5.76 Å². The van der Waals surface area contributed by atoms with E-state index in [4.69, 9.17) is 4.42 Å². The topological polar surface area (TPSA) is 113 Å². The van der Waals surface area contributed by atoms with E-state index in [0.717, 1.165) is 31.2 Å². The average molecular weight is 359 g/mol. The fourth-order valence-electron chi connectivity index (χ4n) is 1.86. The van der Waals surface area contributed by atoms with Gasteiger partial charge in [0.1, 0.15) is 11.6 Å². The van der Waals surface area contributed by atoms with E-state index >= 15 is 0 Å². The van der Waals surface area contributed by atoms with Crippen molar-refractivity contribution in [1.82, 2.24) is 9.88 Å². The van der Waals surface area contributed by atoms with E-state index in [-0.39, 0.29) is 0 Å². The Bertz CT molecular complexity index is 668. The quantitative estimate of drug-likeness (QED) is 0.568. The number of carbonyl (C=O) groups excluding carboxylic acids is 2. The highest BCUT2D eigenvalue weighted by molar-refractivity contribution is 5.87. The molecule has 0 radical (unpaired) electrons. The lowest BCUT2D eigenvalue weighted by Crippen LogP contribution is -2.31. The second-order valence-electron chi connectivity index (χ2n) is 5.46. The Balaban J connectivity index is 0.000000359. The van der Waals surface area contributed by atoms with Gasteiger partial charge in [0.25, 0.3) is 0 Å². The van der Waals surface area contributed by atoms with Gasteiger partial charge in [-0.25, -0.2) is 4.98 Å². The number of carbonyl (C=O) groups is 2. The van der Waals surface area contributed by atoms with Gasteiger partial charge in [-0.3, -0.25) is 0 Å². The second-order valence-corrected chi connectivity index (χ2v) is 5.46. The minimum Gasteiger partial charge on any atom is -0.545 e. The first kappa shape index (κ1) is 20.9. The highest BCUT2D eigenvalue weighted by Gasteiger charge is 2.10. The fourth-order valence-corrected chi connectivity index (χ4v) is 1.86. The molecule has 0 aliphatic carbocycles. The Hall–Kier alpha value is -3.13. The molecule has 8 nitrogen and oxygen atoms in total. The van der Waals surface area contributed by atoms with Gasteiger partial charge in [0.05, 0.1) is 24.7 Å². The van der Waals surface area contributed by atoms with Crippen LogP contribution in [0.15, 0.2) is 59.4 Å². The van der Waals surface area contributed by atoms with E-state index in [1.165, 1.54) is 0 Å². The van der Waals surface area contributed by atoms with Gasteiger partial charge in [0.15, 0.2) is 0 Å². The van der Waals surface area contributed by atoms with E-state index in [0.29, 0.717) is 12.2 Å². The summed E-state index contributed by atoms with van der Waals surface area (Å²) in [5, 5.41) is 18.8. The third-order valence-corrected chi connectivity index (χ3v) is 3.07. The number of anilines is 1. The predicted molar refractivity (Wildman–Crippen MR) is 91.7 cm³/mol. The molecule has 0 unspecified atom stereocenters. The molecule has 0 aromatic carbocycles. The number of furan rings is 1. The van der Waals surface area contributed by atoms with Crippen LogP contribution in [0.2, 0.25) is 0 Å². The molecule has 0 aliphatic heterocycles. The molecule has 0 aliphatic rings. The first-order valence-corrected chi connectivity index (χ1v) is 7.81. The van der Waals surface area contributed by atoms with Crippen molar-refractivity contribution >= 4 is 17.8 Å². The maximum atomic E-state index is 9.41. The van der Waals surface area contributed by atoms with Crippen LogP contribution in [0.25, 0.3) is 0 Å². The number of likely N-dealkylation sites (N-methyl/N-ethyl adjacent to an activating group) is 1. The van der Waals surface area contributed by atoms with Crippen LogP contribution in [-0.4, -0.2) is 49.0 Å². The van der Waals surface area contributed by atoms with Crippen molar-refractivity contribution in [2.24, 2.45) is 0 Å². The summed E-state index contributed by atoms with van der Waals surface area (Å²) in [7, 11) is 4.15. The summed E-state index contributed by atoms with van der Waals surface area (Å²) in [5.74, 6) is -1.15. The summed E-state index contributed by atoms with van der Waals surface area (Å²) in [6.45, 7) is 2.65. The lowest BCUT2D eigenvalue weighted by atomic mass is 10.3. The Morgan fingerprint density at radius 1 is 1.08 bits per heavy atom. The number of rotatable bonds is 8. The van der Waals surface area contributed by atoms with E-state index in [1.807, 2.05) is 36.5 Å². The van der Waals surface area contributed by atoms with E-state index in [2.05, 4.69) is 28.9 Å². The summed E-state index contributed by atoms with van der Waals surface area (Å²) in [6, 6.07) is 9.87. The van der Waals surface area contributed by atoms with Crippen LogP contribution in [0.5, 0.6) is 0 Å². The molecule has 0 spiro atoms. The van der Waals surface area contributed by atoms with Gasteiger partial charge in [0, 0.05) is 19.3 Å². The Kier molecular flexibility index (Phi) is 9.19. The Labute approximate surface area is 152 Å². The van der Waals surface area contributed by atoms with Gasteiger partial charge in [-0.05, 0) is 50.5 Å². The standard InChI is InChI=1S/C14H19N3O.C4H4O4/c1-16(2)9-10-17(12-13-6-5-11-18-13)14-7-3-4-8-15-14;5-3(6)1-2-4(7)8/h3-8,11H,9-10,12H2,1-2H3;1-2H,(H,5,6)(H,7,8)/p-2/b;2-1+. The molecule has 0 saturated heterocycles. The van der Waals surface area contributed by atoms with E-state index in [9.17, 15) is 19.8 Å². The summed E-state index contributed by atoms with van der Waals surface area (Å²) in [5.41, 5.74) is 0. The van der Waals surface area contributed by atoms with Crippen molar-refractivity contribution in [3.63, 3.8) is 0 Å². The highest BCUT2D eigenvalue weighted by Crippen LogP contribution is 2.13. The maximum Gasteiger partial charge on any atom is 0.128 e. The number of nitrogens with zero attached hydrogens (tertiary/aromatic N) is 3. The number of hydrogen-bond acceptors (Lipinski definition) is 8. The Morgan fingerprint density at radius 2 is 1.77 bits per heavy atom. The molecule has 2 aromatic heterocycles. The van der Waals surface area contributed by atoms with Crippen LogP contribution in [0.4, 0.5) is 5.82 Å². The third-order valence-electron chi connectivity index (χ3n) is 3.07. The Morgan fingerprint density at radius 3 is 2.23 bits per heavy atom. The normalized spacial score (nSPS) is 10.4. The molecule has 0 atom stereocenters. The molecule has 2 heterocycles. The average Bonchev–Trinajstić information content (AvgIpc) is 3.11. The van der Waals surface area contributed by atoms with Crippen molar-refractivity contribution in [3.05, 3.63) is 60.7 Å². The predicted octanol–water partition coefficient (Wildman–Crippen LogP) is -0.715. The van der Waals surface area contributed by atoms with Gasteiger partial charge < -0.3 is 34.0 Å². The number of carboxylic acid groups (broad SMARTS) is 2. The summed E-state index contributed by atoms with van der Waals surface area (Å²) < 4.78 is 5.41. The number of aromatic nitrogens is 1. The van der Waals surface area contributed by atoms with Gasteiger partial charge in [-0.1, -0.05) is 6.07 Å². The van der Waals surface area contributed by atoms with E-state index < -0.39 is 11.9 Å². The smallest absolute Gasteiger partial charge is 0.128 e. The summed E-state index contributed by atoms with van der Waals surface area (Å²) in [6.07, 6.45) is 4.29. The molecular formula is C18H21N3O5-2. The maximum absolute atomic E-state index is 9.41. The minimum absolute atomic E-state index is 0.384. The fraction of sp³-hybridized carbons (Fsp3) is 0.278. The van der Waals surface area contributed by atoms with Crippen LogP contribution < -0.4 is 15.1 Å². The first-order valence-electron chi connectivity index (χ1n) is 7.81. The van der Waals surface area contributed by atoms with Gasteiger partial charge >= 0.3 is 0 Å². The molecule has 26 heavy (non-hydrogen) atoms. The molecule has 0 amide bonds. The zero-order valence-corrected chi connectivity index (χ0v) is 14.7. The molecule has 0 fully saturated rings. The second kappa shape index (κ2) is 11.4. The lowest BCUT2D eigenvalue weighted by Gasteiger charge is -2.24. The van der Waals surface area contributed by atoms with Crippen molar-refractivity contribution in [2.75, 3.05) is 32.1 Å².